The van der Waals surface area contributed by atoms with Gasteiger partial charge in [-0.25, -0.2) is 4.98 Å². The number of phenolic OH excluding ortho intramolecular Hbond substituents is 1. The summed E-state index contributed by atoms with van der Waals surface area (Å²) in [6.07, 6.45) is 0.721. The van der Waals surface area contributed by atoms with Crippen molar-refractivity contribution in [1.82, 2.24) is 4.98 Å². The highest BCUT2D eigenvalue weighted by molar-refractivity contribution is 7.18. The lowest BCUT2D eigenvalue weighted by atomic mass is 10.1. The van der Waals surface area contributed by atoms with E-state index in [0.29, 0.717) is 0 Å². The number of nitrogens with two attached hydrogens (primary N) is 1. The second-order valence-corrected chi connectivity index (χ2v) is 6.06. The van der Waals surface area contributed by atoms with E-state index < -0.39 is 0 Å². The first-order valence-electron chi connectivity index (χ1n) is 6.52. The molecule has 1 atom stereocenters. The smallest absolute Gasteiger partial charge is 0.115 e. The number of aryl methyl sites for hydroxylation is 1. The fraction of sp³-hybridized carbons (Fsp3) is 0.188. The molecular formula is C16H16N2OS. The Balaban J connectivity index is 1.84. The van der Waals surface area contributed by atoms with E-state index in [1.807, 2.05) is 18.2 Å². The standard InChI is InChI=1S/C16H16N2OS/c1-10-2-7-14-15(8-10)20-16(18-14)13(17)9-11-3-5-12(19)6-4-11/h2-8,13,19H,9,17H2,1H3. The highest BCUT2D eigenvalue weighted by Crippen LogP contribution is 2.28. The summed E-state index contributed by atoms with van der Waals surface area (Å²) >= 11 is 1.66. The Labute approximate surface area is 121 Å². The summed E-state index contributed by atoms with van der Waals surface area (Å²) in [7, 11) is 0. The van der Waals surface area contributed by atoms with Crippen LogP contribution in [0.1, 0.15) is 22.2 Å². The fourth-order valence-corrected chi connectivity index (χ4v) is 3.25. The van der Waals surface area contributed by atoms with Crippen molar-refractivity contribution in [3.63, 3.8) is 0 Å². The topological polar surface area (TPSA) is 59.1 Å². The SMILES string of the molecule is Cc1ccc2nc(C(N)Cc3ccc(O)cc3)sc2c1. The maximum atomic E-state index is 9.29. The average Bonchev–Trinajstić information content (AvgIpc) is 2.84. The molecule has 0 amide bonds. The van der Waals surface area contributed by atoms with Crippen LogP contribution in [0.3, 0.4) is 0 Å². The van der Waals surface area contributed by atoms with E-state index in [4.69, 9.17) is 5.73 Å². The van der Waals surface area contributed by atoms with Gasteiger partial charge in [0.2, 0.25) is 0 Å². The zero-order valence-electron chi connectivity index (χ0n) is 11.2. The lowest BCUT2D eigenvalue weighted by Crippen LogP contribution is -2.12. The van der Waals surface area contributed by atoms with Crippen molar-refractivity contribution in [1.29, 1.82) is 0 Å². The number of phenols is 1. The fourth-order valence-electron chi connectivity index (χ4n) is 2.18. The molecule has 2 aromatic carbocycles. The van der Waals surface area contributed by atoms with Crippen molar-refractivity contribution in [3.05, 3.63) is 58.6 Å². The first kappa shape index (κ1) is 13.1. The van der Waals surface area contributed by atoms with Crippen LogP contribution < -0.4 is 5.73 Å². The molecule has 0 bridgehead atoms. The van der Waals surface area contributed by atoms with Gasteiger partial charge in [-0.05, 0) is 48.7 Å². The number of nitrogens with zero attached hydrogens (tertiary/aromatic N) is 1. The van der Waals surface area contributed by atoms with Crippen LogP contribution in [0.2, 0.25) is 0 Å². The van der Waals surface area contributed by atoms with Crippen LogP contribution >= 0.6 is 11.3 Å². The number of hydrogen-bond acceptors (Lipinski definition) is 4. The van der Waals surface area contributed by atoms with Crippen LogP contribution in [0.25, 0.3) is 10.2 Å². The Morgan fingerprint density at radius 1 is 1.20 bits per heavy atom. The van der Waals surface area contributed by atoms with Gasteiger partial charge >= 0.3 is 0 Å². The van der Waals surface area contributed by atoms with Gasteiger partial charge in [0.15, 0.2) is 0 Å². The summed E-state index contributed by atoms with van der Waals surface area (Å²) in [5.41, 5.74) is 9.60. The molecule has 0 aliphatic heterocycles. The molecule has 3 rings (SSSR count). The van der Waals surface area contributed by atoms with Crippen molar-refractivity contribution in [2.45, 2.75) is 19.4 Å². The average molecular weight is 284 g/mol. The Morgan fingerprint density at radius 3 is 2.70 bits per heavy atom. The molecule has 0 saturated heterocycles. The highest BCUT2D eigenvalue weighted by Gasteiger charge is 2.13. The number of aromatic hydroxyl groups is 1. The predicted octanol–water partition coefficient (Wildman–Crippen LogP) is 3.55. The van der Waals surface area contributed by atoms with Crippen molar-refractivity contribution in [2.24, 2.45) is 5.73 Å². The van der Waals surface area contributed by atoms with Crippen LogP contribution in [0.15, 0.2) is 42.5 Å². The van der Waals surface area contributed by atoms with Gasteiger partial charge in [0.1, 0.15) is 10.8 Å². The van der Waals surface area contributed by atoms with Crippen LogP contribution in [-0.2, 0) is 6.42 Å². The summed E-state index contributed by atoms with van der Waals surface area (Å²) in [5, 5.41) is 10.2. The lowest BCUT2D eigenvalue weighted by Gasteiger charge is -2.08. The first-order valence-corrected chi connectivity index (χ1v) is 7.34. The van der Waals surface area contributed by atoms with Crippen molar-refractivity contribution in [2.75, 3.05) is 0 Å². The minimum absolute atomic E-state index is 0.114. The van der Waals surface area contributed by atoms with Crippen molar-refractivity contribution in [3.8, 4) is 5.75 Å². The highest BCUT2D eigenvalue weighted by atomic mass is 32.1. The van der Waals surface area contributed by atoms with Gasteiger partial charge in [-0.3, -0.25) is 0 Å². The van der Waals surface area contributed by atoms with Gasteiger partial charge in [-0.15, -0.1) is 11.3 Å². The number of fused-ring (bicyclic) bond motifs is 1. The van der Waals surface area contributed by atoms with E-state index in [-0.39, 0.29) is 11.8 Å². The van der Waals surface area contributed by atoms with E-state index >= 15 is 0 Å². The summed E-state index contributed by atoms with van der Waals surface area (Å²) in [5.74, 6) is 0.276. The molecule has 0 spiro atoms. The Morgan fingerprint density at radius 2 is 1.95 bits per heavy atom. The summed E-state index contributed by atoms with van der Waals surface area (Å²) in [6.45, 7) is 2.08. The molecule has 0 aliphatic rings. The lowest BCUT2D eigenvalue weighted by molar-refractivity contribution is 0.475. The molecule has 0 radical (unpaired) electrons. The number of thiazole rings is 1. The third-order valence-corrected chi connectivity index (χ3v) is 4.42. The molecule has 0 aliphatic carbocycles. The molecule has 4 heteroatoms. The molecule has 1 heterocycles. The number of rotatable bonds is 3. The van der Waals surface area contributed by atoms with Crippen LogP contribution in [0, 0.1) is 6.92 Å². The van der Waals surface area contributed by atoms with Crippen molar-refractivity contribution >= 4 is 21.6 Å². The second kappa shape index (κ2) is 5.23. The molecule has 3 aromatic rings. The number of aromatic nitrogens is 1. The summed E-state index contributed by atoms with van der Waals surface area (Å²) < 4.78 is 1.18. The molecule has 3 nitrogen and oxygen atoms in total. The molecule has 20 heavy (non-hydrogen) atoms. The van der Waals surface area contributed by atoms with Crippen LogP contribution in [0.4, 0.5) is 0 Å². The molecule has 3 N–H and O–H groups in total. The van der Waals surface area contributed by atoms with Gasteiger partial charge in [-0.1, -0.05) is 18.2 Å². The van der Waals surface area contributed by atoms with E-state index in [0.717, 1.165) is 22.5 Å². The maximum absolute atomic E-state index is 9.29. The third kappa shape index (κ3) is 2.66. The summed E-state index contributed by atoms with van der Waals surface area (Å²) in [4.78, 5) is 4.61. The van der Waals surface area contributed by atoms with Crippen LogP contribution in [-0.4, -0.2) is 10.1 Å². The zero-order valence-corrected chi connectivity index (χ0v) is 12.0. The molecule has 0 fully saturated rings. The van der Waals surface area contributed by atoms with Gasteiger partial charge in [0.25, 0.3) is 0 Å². The minimum atomic E-state index is -0.114. The molecule has 0 saturated carbocycles. The summed E-state index contributed by atoms with van der Waals surface area (Å²) in [6, 6.07) is 13.3. The maximum Gasteiger partial charge on any atom is 0.115 e. The zero-order chi connectivity index (χ0) is 14.1. The molecule has 1 aromatic heterocycles. The van der Waals surface area contributed by atoms with Crippen molar-refractivity contribution < 1.29 is 5.11 Å². The van der Waals surface area contributed by atoms with E-state index in [1.54, 1.807) is 23.5 Å². The number of hydrogen-bond donors (Lipinski definition) is 2. The van der Waals surface area contributed by atoms with Gasteiger partial charge in [0, 0.05) is 0 Å². The van der Waals surface area contributed by atoms with Gasteiger partial charge < -0.3 is 10.8 Å². The number of benzene rings is 2. The quantitative estimate of drug-likeness (QED) is 0.773. The molecular weight excluding hydrogens is 268 g/mol. The molecule has 1 unspecified atom stereocenters. The largest absolute Gasteiger partial charge is 0.508 e. The van der Waals surface area contributed by atoms with E-state index in [1.165, 1.54) is 10.3 Å². The minimum Gasteiger partial charge on any atom is -0.508 e. The van der Waals surface area contributed by atoms with Crippen LogP contribution in [0.5, 0.6) is 5.75 Å². The predicted molar refractivity (Wildman–Crippen MR) is 83.1 cm³/mol. The molecule has 102 valence electrons. The second-order valence-electron chi connectivity index (χ2n) is 5.00. The van der Waals surface area contributed by atoms with E-state index in [9.17, 15) is 5.11 Å². The monoisotopic (exact) mass is 284 g/mol. The first-order chi connectivity index (χ1) is 9.61. The van der Waals surface area contributed by atoms with Gasteiger partial charge in [0.05, 0.1) is 16.3 Å². The van der Waals surface area contributed by atoms with Gasteiger partial charge in [-0.2, -0.15) is 0 Å². The van der Waals surface area contributed by atoms with E-state index in [2.05, 4.69) is 24.0 Å². The third-order valence-electron chi connectivity index (χ3n) is 3.27. The normalized spacial score (nSPS) is 12.7. The Kier molecular flexibility index (Phi) is 3.42. The Bertz CT molecular complexity index is 734. The Hall–Kier alpha value is -1.91.